The van der Waals surface area contributed by atoms with Crippen molar-refractivity contribution in [1.82, 2.24) is 5.32 Å². The quantitative estimate of drug-likeness (QED) is 0.575. The van der Waals surface area contributed by atoms with E-state index >= 15 is 0 Å². The van der Waals surface area contributed by atoms with Crippen molar-refractivity contribution in [2.75, 3.05) is 12.0 Å². The van der Waals surface area contributed by atoms with Gasteiger partial charge in [0.05, 0.1) is 7.11 Å². The van der Waals surface area contributed by atoms with Crippen LogP contribution in [0.25, 0.3) is 0 Å². The van der Waals surface area contributed by atoms with Gasteiger partial charge in [0.25, 0.3) is 0 Å². The molecule has 1 aromatic carbocycles. The highest BCUT2D eigenvalue weighted by Crippen LogP contribution is 2.39. The van der Waals surface area contributed by atoms with E-state index in [1.54, 1.807) is 20.8 Å². The maximum Gasteiger partial charge on any atom is 0.408 e. The van der Waals surface area contributed by atoms with Gasteiger partial charge in [-0.05, 0) is 64.2 Å². The van der Waals surface area contributed by atoms with Gasteiger partial charge in [-0.1, -0.05) is 18.6 Å². The highest BCUT2D eigenvalue weighted by Gasteiger charge is 2.42. The predicted octanol–water partition coefficient (Wildman–Crippen LogP) is 2.41. The van der Waals surface area contributed by atoms with Crippen molar-refractivity contribution in [2.45, 2.75) is 76.6 Å². The first-order valence-electron chi connectivity index (χ1n) is 11.2. The number of carbonyl (C=O) groups excluding carboxylic acids is 2. The number of benzene rings is 1. The molecule has 1 aliphatic carbocycles. The number of aliphatic imine (C=N–C) groups is 2. The minimum Gasteiger partial charge on any atom is -0.467 e. The van der Waals surface area contributed by atoms with Gasteiger partial charge in [-0.15, -0.1) is 0 Å². The maximum atomic E-state index is 12.2. The number of amides is 1. The van der Waals surface area contributed by atoms with Gasteiger partial charge < -0.3 is 26.3 Å². The molecule has 1 atom stereocenters. The summed E-state index contributed by atoms with van der Waals surface area (Å²) >= 11 is 0. The first-order valence-corrected chi connectivity index (χ1v) is 11.2. The number of nitrogens with one attached hydrogen (secondary N) is 1. The Hall–Kier alpha value is -3.30. The van der Waals surface area contributed by atoms with Crippen LogP contribution in [0.2, 0.25) is 0 Å². The van der Waals surface area contributed by atoms with Gasteiger partial charge >= 0.3 is 12.1 Å². The van der Waals surface area contributed by atoms with Crippen LogP contribution in [-0.4, -0.2) is 48.4 Å². The summed E-state index contributed by atoms with van der Waals surface area (Å²) in [5.41, 5.74) is 12.7. The third-order valence-corrected chi connectivity index (χ3v) is 5.66. The number of anilines is 1. The first-order chi connectivity index (χ1) is 15.5. The van der Waals surface area contributed by atoms with Gasteiger partial charge in [-0.3, -0.25) is 4.90 Å². The standard InChI is InChI=1S/C23H34N6O4/c1-22(2,3)33-21(31)26-17(18(30)32-4)14-15-8-10-16(11-9-15)29-20(25)27-19(24)28-23(29)12-6-5-7-13-23/h8-11,17H,5-7,12-14H2,1-4H3,(H,26,31)(H4,24,25,27,28). The SMILES string of the molecule is COC(=O)C(Cc1ccc(N2C(N)=NC(N)=NC23CCCCC3)cc1)NC(=O)OC(C)(C)C. The smallest absolute Gasteiger partial charge is 0.408 e. The molecule has 1 saturated carbocycles. The van der Waals surface area contributed by atoms with Gasteiger partial charge in [0.2, 0.25) is 11.9 Å². The van der Waals surface area contributed by atoms with Crippen LogP contribution in [0.15, 0.2) is 34.3 Å². The van der Waals surface area contributed by atoms with E-state index in [0.717, 1.165) is 43.4 Å². The van der Waals surface area contributed by atoms with Crippen LogP contribution in [0.3, 0.4) is 0 Å². The molecule has 10 heteroatoms. The molecule has 0 saturated heterocycles. The molecule has 180 valence electrons. The van der Waals surface area contributed by atoms with Crippen molar-refractivity contribution < 1.29 is 19.1 Å². The summed E-state index contributed by atoms with van der Waals surface area (Å²) in [6.07, 6.45) is 4.48. The molecule has 0 aromatic heterocycles. The predicted molar refractivity (Wildman–Crippen MR) is 127 cm³/mol. The molecule has 33 heavy (non-hydrogen) atoms. The topological polar surface area (TPSA) is 145 Å². The monoisotopic (exact) mass is 458 g/mol. The van der Waals surface area contributed by atoms with Gasteiger partial charge in [0, 0.05) is 12.1 Å². The number of rotatable bonds is 5. The van der Waals surface area contributed by atoms with E-state index in [1.807, 2.05) is 29.2 Å². The van der Waals surface area contributed by atoms with Gasteiger partial charge in [0.1, 0.15) is 17.3 Å². The molecule has 0 bridgehead atoms. The van der Waals surface area contributed by atoms with Crippen molar-refractivity contribution in [3.8, 4) is 0 Å². The van der Waals surface area contributed by atoms with Gasteiger partial charge in [-0.25, -0.2) is 14.6 Å². The third-order valence-electron chi connectivity index (χ3n) is 5.66. The lowest BCUT2D eigenvalue weighted by molar-refractivity contribution is -0.143. The largest absolute Gasteiger partial charge is 0.467 e. The Bertz CT molecular complexity index is 929. The number of nitrogens with zero attached hydrogens (tertiary/aromatic N) is 3. The summed E-state index contributed by atoms with van der Waals surface area (Å²) < 4.78 is 10.1. The van der Waals surface area contributed by atoms with Crippen LogP contribution in [0.1, 0.15) is 58.4 Å². The van der Waals surface area contributed by atoms with Crippen LogP contribution in [-0.2, 0) is 20.7 Å². The molecule has 1 aromatic rings. The number of guanidine groups is 2. The van der Waals surface area contributed by atoms with Crippen molar-refractivity contribution in [1.29, 1.82) is 0 Å². The second-order valence-corrected chi connectivity index (χ2v) is 9.41. The number of hydrogen-bond acceptors (Lipinski definition) is 9. The summed E-state index contributed by atoms with van der Waals surface area (Å²) in [4.78, 5) is 35.2. The number of nitrogens with two attached hydrogens (primary N) is 2. The van der Waals surface area contributed by atoms with E-state index in [2.05, 4.69) is 15.3 Å². The number of methoxy groups -OCH3 is 1. The fourth-order valence-corrected chi connectivity index (χ4v) is 4.30. The van der Waals surface area contributed by atoms with Crippen molar-refractivity contribution in [3.63, 3.8) is 0 Å². The highest BCUT2D eigenvalue weighted by molar-refractivity contribution is 6.05. The molecule has 10 nitrogen and oxygen atoms in total. The lowest BCUT2D eigenvalue weighted by Crippen LogP contribution is -2.58. The molecular weight excluding hydrogens is 424 g/mol. The van der Waals surface area contributed by atoms with E-state index in [4.69, 9.17) is 20.9 Å². The number of ether oxygens (including phenoxy) is 2. The molecule has 1 amide bonds. The van der Waals surface area contributed by atoms with Gasteiger partial charge in [-0.2, -0.15) is 4.99 Å². The number of esters is 1. The van der Waals surface area contributed by atoms with E-state index in [-0.39, 0.29) is 12.4 Å². The fourth-order valence-electron chi connectivity index (χ4n) is 4.30. The normalized spacial score (nSPS) is 18.7. The summed E-state index contributed by atoms with van der Waals surface area (Å²) in [5.74, 6) is -0.0316. The van der Waals surface area contributed by atoms with Crippen LogP contribution in [0.4, 0.5) is 10.5 Å². The van der Waals surface area contributed by atoms with Crippen LogP contribution in [0.5, 0.6) is 0 Å². The van der Waals surface area contributed by atoms with Gasteiger partial charge in [0.15, 0.2) is 0 Å². The van der Waals surface area contributed by atoms with E-state index < -0.39 is 29.4 Å². The average Bonchev–Trinajstić information content (AvgIpc) is 2.72. The second-order valence-electron chi connectivity index (χ2n) is 9.41. The average molecular weight is 459 g/mol. The Morgan fingerprint density at radius 1 is 1.15 bits per heavy atom. The molecule has 0 radical (unpaired) electrons. The van der Waals surface area contributed by atoms with E-state index in [1.165, 1.54) is 7.11 Å². The molecular formula is C23H34N6O4. The Morgan fingerprint density at radius 3 is 2.36 bits per heavy atom. The molecule has 1 unspecified atom stereocenters. The lowest BCUT2D eigenvalue weighted by Gasteiger charge is -2.45. The summed E-state index contributed by atoms with van der Waals surface area (Å²) in [6, 6.07) is 6.70. The number of hydrogen-bond donors (Lipinski definition) is 3. The van der Waals surface area contributed by atoms with Crippen LogP contribution >= 0.6 is 0 Å². The molecule has 5 N–H and O–H groups in total. The molecule has 1 aliphatic heterocycles. The van der Waals surface area contributed by atoms with Crippen molar-refractivity contribution in [3.05, 3.63) is 29.8 Å². The first kappa shape index (κ1) is 24.3. The van der Waals surface area contributed by atoms with Crippen LogP contribution < -0.4 is 21.7 Å². The minimum absolute atomic E-state index is 0.205. The molecule has 1 spiro atoms. The summed E-state index contributed by atoms with van der Waals surface area (Å²) in [5, 5.41) is 2.59. The Balaban J connectivity index is 1.78. The second kappa shape index (κ2) is 9.68. The highest BCUT2D eigenvalue weighted by atomic mass is 16.6. The molecule has 1 heterocycles. The number of carbonyl (C=O) groups is 2. The zero-order valence-electron chi connectivity index (χ0n) is 19.8. The number of alkyl carbamates (subject to hydrolysis) is 1. The summed E-state index contributed by atoms with van der Waals surface area (Å²) in [7, 11) is 1.28. The van der Waals surface area contributed by atoms with Crippen LogP contribution in [0, 0.1) is 0 Å². The van der Waals surface area contributed by atoms with Crippen molar-refractivity contribution in [2.24, 2.45) is 21.5 Å². The Morgan fingerprint density at radius 2 is 1.79 bits per heavy atom. The maximum absolute atomic E-state index is 12.2. The third kappa shape index (κ3) is 5.94. The molecule has 3 rings (SSSR count). The molecule has 1 fully saturated rings. The fraction of sp³-hybridized carbons (Fsp3) is 0.565. The van der Waals surface area contributed by atoms with Crippen molar-refractivity contribution >= 4 is 29.7 Å². The zero-order valence-corrected chi connectivity index (χ0v) is 19.8. The van der Waals surface area contributed by atoms with E-state index in [0.29, 0.717) is 5.96 Å². The lowest BCUT2D eigenvalue weighted by atomic mass is 9.87. The van der Waals surface area contributed by atoms with E-state index in [9.17, 15) is 9.59 Å². The zero-order chi connectivity index (χ0) is 24.2. The minimum atomic E-state index is -0.883. The molecule has 2 aliphatic rings. The summed E-state index contributed by atoms with van der Waals surface area (Å²) in [6.45, 7) is 5.26. The Labute approximate surface area is 194 Å². The Kier molecular flexibility index (Phi) is 7.14.